The number of anilines is 1. The quantitative estimate of drug-likeness (QED) is 0.345. The number of piperidine rings is 1. The number of nitrogens with one attached hydrogen (secondary N) is 2. The molecule has 192 valence electrons. The molecule has 1 aliphatic rings. The molecule has 2 N–H and O–H groups in total. The Labute approximate surface area is 218 Å². The van der Waals surface area contributed by atoms with Crippen molar-refractivity contribution in [3.63, 3.8) is 0 Å². The number of rotatable bonds is 8. The largest absolute Gasteiger partial charge is 0.496 e. The number of aryl methyl sites for hydroxylation is 2. The number of H-pyrrole nitrogens is 1. The number of aromatic nitrogens is 4. The lowest BCUT2D eigenvalue weighted by molar-refractivity contribution is -0.132. The third-order valence-corrected chi connectivity index (χ3v) is 7.55. The predicted molar refractivity (Wildman–Crippen MR) is 141 cm³/mol. The van der Waals surface area contributed by atoms with Gasteiger partial charge in [-0.2, -0.15) is 5.21 Å². The highest BCUT2D eigenvalue weighted by atomic mass is 32.1. The Morgan fingerprint density at radius 1 is 1.14 bits per heavy atom. The minimum absolute atomic E-state index is 0.0746. The van der Waals surface area contributed by atoms with E-state index in [0.29, 0.717) is 35.0 Å². The van der Waals surface area contributed by atoms with Crippen LogP contribution in [-0.2, 0) is 11.2 Å². The Kier molecular flexibility index (Phi) is 7.31. The summed E-state index contributed by atoms with van der Waals surface area (Å²) in [6.45, 7) is 3.69. The van der Waals surface area contributed by atoms with Crippen molar-refractivity contribution in [3.05, 3.63) is 52.4 Å². The fourth-order valence-electron chi connectivity index (χ4n) is 4.44. The first-order chi connectivity index (χ1) is 18.0. The summed E-state index contributed by atoms with van der Waals surface area (Å²) in [5, 5.41) is 16.8. The molecule has 0 spiro atoms. The van der Waals surface area contributed by atoms with Crippen LogP contribution in [0.25, 0.3) is 10.1 Å². The number of fused-ring (bicyclic) bond motifs is 1. The van der Waals surface area contributed by atoms with E-state index in [9.17, 15) is 9.59 Å². The fraction of sp³-hybridized carbons (Fsp3) is 0.346. The maximum atomic E-state index is 13.1. The monoisotopic (exact) mass is 520 g/mol. The number of carbonyl (C=O) groups excluding carboxylic acids is 2. The zero-order chi connectivity index (χ0) is 25.8. The van der Waals surface area contributed by atoms with Gasteiger partial charge in [0.1, 0.15) is 16.4 Å². The van der Waals surface area contributed by atoms with Crippen molar-refractivity contribution in [2.45, 2.75) is 39.0 Å². The lowest BCUT2D eigenvalue weighted by Gasteiger charge is -2.26. The average Bonchev–Trinajstić information content (AvgIpc) is 3.55. The van der Waals surface area contributed by atoms with Crippen molar-refractivity contribution in [2.75, 3.05) is 25.5 Å². The second kappa shape index (κ2) is 11.0. The molecule has 0 atom stereocenters. The number of amides is 2. The normalized spacial score (nSPS) is 13.5. The molecule has 2 aromatic carbocycles. The van der Waals surface area contributed by atoms with Gasteiger partial charge in [-0.05, 0) is 73.2 Å². The Bertz CT molecular complexity index is 1390. The molecule has 0 radical (unpaired) electrons. The first-order valence-corrected chi connectivity index (χ1v) is 13.0. The standard InChI is InChI=1S/C26H28N6O4S/c1-16-14-21-19(15-20(16)35-2)23(24(37-21)25(34)27-26-28-30-31-29-26)36-18-9-6-17(7-10-18)8-11-22(33)32-12-4-3-5-13-32/h6-7,9-10,14-15H,3-5,8,11-13H2,1-2H3,(H2,27,28,29,30,31,34). The van der Waals surface area contributed by atoms with E-state index in [2.05, 4.69) is 25.9 Å². The highest BCUT2D eigenvalue weighted by molar-refractivity contribution is 7.21. The number of hydrogen-bond acceptors (Lipinski definition) is 8. The van der Waals surface area contributed by atoms with Crippen LogP contribution in [-0.4, -0.2) is 57.5 Å². The summed E-state index contributed by atoms with van der Waals surface area (Å²) in [5.74, 6) is 1.60. The van der Waals surface area contributed by atoms with Crippen LogP contribution in [0.4, 0.5) is 5.95 Å². The van der Waals surface area contributed by atoms with Gasteiger partial charge in [0.2, 0.25) is 5.91 Å². The first kappa shape index (κ1) is 24.7. The molecule has 1 aliphatic heterocycles. The van der Waals surface area contributed by atoms with Gasteiger partial charge in [0, 0.05) is 29.6 Å². The summed E-state index contributed by atoms with van der Waals surface area (Å²) in [4.78, 5) is 28.0. The van der Waals surface area contributed by atoms with Crippen LogP contribution in [0, 0.1) is 6.92 Å². The topological polar surface area (TPSA) is 122 Å². The molecular formula is C26H28N6O4S. The molecule has 0 unspecified atom stereocenters. The van der Waals surface area contributed by atoms with Crippen molar-refractivity contribution in [3.8, 4) is 17.2 Å². The Hall–Kier alpha value is -3.99. The van der Waals surface area contributed by atoms with E-state index in [-0.39, 0.29) is 11.9 Å². The number of likely N-dealkylation sites (tertiary alicyclic amines) is 1. The molecule has 0 bridgehead atoms. The van der Waals surface area contributed by atoms with Gasteiger partial charge in [0.05, 0.1) is 7.11 Å². The highest BCUT2D eigenvalue weighted by Crippen LogP contribution is 2.43. The molecule has 3 heterocycles. The molecule has 4 aromatic rings. The van der Waals surface area contributed by atoms with E-state index in [1.807, 2.05) is 48.2 Å². The van der Waals surface area contributed by atoms with Gasteiger partial charge in [0.15, 0.2) is 5.75 Å². The van der Waals surface area contributed by atoms with Crippen LogP contribution < -0.4 is 14.8 Å². The molecule has 2 aromatic heterocycles. The van der Waals surface area contributed by atoms with Gasteiger partial charge < -0.3 is 14.4 Å². The van der Waals surface area contributed by atoms with Gasteiger partial charge >= 0.3 is 0 Å². The molecule has 5 rings (SSSR count). The molecule has 1 saturated heterocycles. The molecule has 0 aliphatic carbocycles. The average molecular weight is 521 g/mol. The molecule has 10 nitrogen and oxygen atoms in total. The zero-order valence-corrected chi connectivity index (χ0v) is 21.6. The van der Waals surface area contributed by atoms with Crippen LogP contribution in [0.2, 0.25) is 0 Å². The van der Waals surface area contributed by atoms with Crippen molar-refractivity contribution in [2.24, 2.45) is 0 Å². The zero-order valence-electron chi connectivity index (χ0n) is 20.7. The summed E-state index contributed by atoms with van der Waals surface area (Å²) in [6, 6.07) is 11.5. The number of carbonyl (C=O) groups is 2. The van der Waals surface area contributed by atoms with Crippen molar-refractivity contribution < 1.29 is 19.1 Å². The fourth-order valence-corrected chi connectivity index (χ4v) is 5.55. The van der Waals surface area contributed by atoms with Crippen molar-refractivity contribution in [1.82, 2.24) is 25.5 Å². The van der Waals surface area contributed by atoms with Gasteiger partial charge in [-0.3, -0.25) is 14.9 Å². The summed E-state index contributed by atoms with van der Waals surface area (Å²) >= 11 is 1.31. The van der Waals surface area contributed by atoms with Crippen molar-refractivity contribution >= 4 is 39.2 Å². The van der Waals surface area contributed by atoms with Gasteiger partial charge in [0.25, 0.3) is 11.9 Å². The van der Waals surface area contributed by atoms with E-state index >= 15 is 0 Å². The molecule has 0 saturated carbocycles. The number of hydrogen-bond donors (Lipinski definition) is 2. The third kappa shape index (κ3) is 5.56. The smallest absolute Gasteiger partial charge is 0.272 e. The number of nitrogens with zero attached hydrogens (tertiary/aromatic N) is 4. The molecule has 37 heavy (non-hydrogen) atoms. The van der Waals surface area contributed by atoms with E-state index in [0.717, 1.165) is 47.1 Å². The van der Waals surface area contributed by atoms with Gasteiger partial charge in [-0.15, -0.1) is 16.4 Å². The van der Waals surface area contributed by atoms with Crippen LogP contribution in [0.1, 0.15) is 46.5 Å². The Morgan fingerprint density at radius 2 is 1.92 bits per heavy atom. The van der Waals surface area contributed by atoms with Crippen LogP contribution in [0.3, 0.4) is 0 Å². The number of tetrazole rings is 1. The predicted octanol–water partition coefficient (Wildman–Crippen LogP) is 4.72. The lowest BCUT2D eigenvalue weighted by Crippen LogP contribution is -2.35. The number of aromatic amines is 1. The van der Waals surface area contributed by atoms with Crippen LogP contribution in [0.5, 0.6) is 17.2 Å². The van der Waals surface area contributed by atoms with Gasteiger partial charge in [-0.25, -0.2) is 0 Å². The Morgan fingerprint density at radius 3 is 2.62 bits per heavy atom. The van der Waals surface area contributed by atoms with Crippen LogP contribution >= 0.6 is 11.3 Å². The minimum atomic E-state index is -0.401. The molecule has 2 amide bonds. The van der Waals surface area contributed by atoms with E-state index in [1.165, 1.54) is 17.8 Å². The molecule has 1 fully saturated rings. The maximum Gasteiger partial charge on any atom is 0.272 e. The van der Waals surface area contributed by atoms with E-state index in [1.54, 1.807) is 7.11 Å². The molecule has 11 heteroatoms. The Balaban J connectivity index is 1.36. The molecular weight excluding hydrogens is 492 g/mol. The SMILES string of the molecule is COc1cc2c(Oc3ccc(CCC(=O)N4CCCCC4)cc3)c(C(=O)Nc3nn[nH]n3)sc2cc1C. The lowest BCUT2D eigenvalue weighted by atomic mass is 10.1. The first-order valence-electron chi connectivity index (χ1n) is 12.2. The van der Waals surface area contributed by atoms with Gasteiger partial charge in [-0.1, -0.05) is 17.2 Å². The summed E-state index contributed by atoms with van der Waals surface area (Å²) in [7, 11) is 1.61. The third-order valence-electron chi connectivity index (χ3n) is 6.42. The summed E-state index contributed by atoms with van der Waals surface area (Å²) in [5.41, 5.74) is 2.01. The van der Waals surface area contributed by atoms with Crippen molar-refractivity contribution in [1.29, 1.82) is 0 Å². The van der Waals surface area contributed by atoms with Crippen LogP contribution in [0.15, 0.2) is 36.4 Å². The second-order valence-electron chi connectivity index (χ2n) is 8.96. The highest BCUT2D eigenvalue weighted by Gasteiger charge is 2.23. The second-order valence-corrected chi connectivity index (χ2v) is 10.0. The van der Waals surface area contributed by atoms with E-state index in [4.69, 9.17) is 9.47 Å². The number of ether oxygens (including phenoxy) is 2. The van der Waals surface area contributed by atoms with E-state index < -0.39 is 5.91 Å². The number of thiophene rings is 1. The number of benzene rings is 2. The summed E-state index contributed by atoms with van der Waals surface area (Å²) < 4.78 is 12.7. The maximum absolute atomic E-state index is 13.1. The minimum Gasteiger partial charge on any atom is -0.496 e. The number of methoxy groups -OCH3 is 1. The summed E-state index contributed by atoms with van der Waals surface area (Å²) in [6.07, 6.45) is 4.56.